The van der Waals surface area contributed by atoms with Crippen molar-refractivity contribution in [1.29, 1.82) is 0 Å². The molecule has 1 heterocycles. The molecular weight excluding hydrogens is 758 g/mol. The number of carboxylic acids is 1. The van der Waals surface area contributed by atoms with Crippen molar-refractivity contribution in [2.75, 3.05) is 41.3 Å². The van der Waals surface area contributed by atoms with Crippen LogP contribution in [0.15, 0.2) is 70.8 Å². The van der Waals surface area contributed by atoms with Crippen molar-refractivity contribution < 1.29 is 53.9 Å². The van der Waals surface area contributed by atoms with E-state index in [0.717, 1.165) is 29.5 Å². The first-order valence-corrected chi connectivity index (χ1v) is 18.2. The van der Waals surface area contributed by atoms with Gasteiger partial charge < -0.3 is 19.1 Å². The highest BCUT2D eigenvalue weighted by Gasteiger charge is 2.31. The van der Waals surface area contributed by atoms with E-state index in [2.05, 4.69) is 9.71 Å². The quantitative estimate of drug-likeness (QED) is 0.0738. The van der Waals surface area contributed by atoms with E-state index >= 15 is 4.39 Å². The molecule has 0 saturated heterocycles. The number of aliphatic carboxylic acids is 1. The number of methoxy groups -OCH3 is 1. The molecule has 52 heavy (non-hydrogen) atoms. The van der Waals surface area contributed by atoms with Gasteiger partial charge in [-0.05, 0) is 54.1 Å². The van der Waals surface area contributed by atoms with Gasteiger partial charge in [0.25, 0.3) is 0 Å². The summed E-state index contributed by atoms with van der Waals surface area (Å²) in [5, 5.41) is 9.61. The molecule has 1 aromatic heterocycles. The van der Waals surface area contributed by atoms with Gasteiger partial charge in [0.2, 0.25) is 10.0 Å². The number of ether oxygens (including phenoxy) is 1. The number of sulfonamides is 1. The normalized spacial score (nSPS) is 12.3. The zero-order valence-corrected chi connectivity index (χ0v) is 31.3. The van der Waals surface area contributed by atoms with Crippen LogP contribution in [0.2, 0.25) is 5.02 Å². The van der Waals surface area contributed by atoms with Crippen molar-refractivity contribution in [1.82, 2.24) is 14.3 Å². The van der Waals surface area contributed by atoms with E-state index in [1.54, 1.807) is 29.0 Å². The Hall–Kier alpha value is -3.77. The summed E-state index contributed by atoms with van der Waals surface area (Å²) in [5.74, 6) is -5.23. The molecule has 0 fully saturated rings. The van der Waals surface area contributed by atoms with Crippen LogP contribution in [-0.2, 0) is 26.0 Å². The number of quaternary nitrogens is 1. The number of nitrogens with one attached hydrogen (secondary N) is 1. The second-order valence-corrected chi connectivity index (χ2v) is 16.0. The van der Waals surface area contributed by atoms with Crippen LogP contribution < -0.4 is 14.6 Å². The Labute approximate surface area is 307 Å². The van der Waals surface area contributed by atoms with E-state index < -0.39 is 55.5 Å². The van der Waals surface area contributed by atoms with Gasteiger partial charge in [0.05, 0.1) is 51.7 Å². The molecule has 0 aliphatic rings. The van der Waals surface area contributed by atoms with Crippen molar-refractivity contribution in [3.63, 3.8) is 0 Å². The van der Waals surface area contributed by atoms with E-state index in [1.807, 2.05) is 47.1 Å². The minimum Gasteiger partial charge on any atom is -0.542 e. The molecule has 0 bridgehead atoms. The summed E-state index contributed by atoms with van der Waals surface area (Å²) in [4.78, 5) is 12.7. The highest BCUT2D eigenvalue weighted by atomic mass is 35.5. The lowest BCUT2D eigenvalue weighted by molar-refractivity contribution is -0.870. The predicted octanol–water partition coefficient (Wildman–Crippen LogP) is 6.24. The number of hydrogen-bond acceptors (Lipinski definition) is 7. The third-order valence-electron chi connectivity index (χ3n) is 7.64. The highest BCUT2D eigenvalue weighted by molar-refractivity contribution is 7.98. The number of thioether (sulfide) groups is 1. The van der Waals surface area contributed by atoms with Crippen LogP contribution in [0.5, 0.6) is 5.75 Å². The molecule has 0 radical (unpaired) electrons. The average molecular weight is 795 g/mol. The molecule has 4 rings (SSSR count). The van der Waals surface area contributed by atoms with Gasteiger partial charge in [-0.25, -0.2) is 31.3 Å². The van der Waals surface area contributed by atoms with Gasteiger partial charge in [-0.15, -0.1) is 0 Å². The fourth-order valence-electron chi connectivity index (χ4n) is 4.80. The Morgan fingerprint density at radius 2 is 1.65 bits per heavy atom. The minimum atomic E-state index is -5.19. The lowest BCUT2D eigenvalue weighted by Crippen LogP contribution is -2.37. The third-order valence-corrected chi connectivity index (χ3v) is 10.4. The Morgan fingerprint density at radius 1 is 1.04 bits per heavy atom. The SMILES string of the molecule is COc1cc(C(C)(C)c2cnc(SCc3c(F)ccc(S(=O)(=O)NCCC[N+](C)(C)C)c3F)n2-c2ccc(F)cc2)ccc1Cl.O=C([O-])C(F)(F)F. The van der Waals surface area contributed by atoms with E-state index in [9.17, 15) is 30.4 Å². The van der Waals surface area contributed by atoms with Crippen LogP contribution in [0.25, 0.3) is 5.69 Å². The fraction of sp³-hybridized carbons (Fsp3) is 0.353. The second kappa shape index (κ2) is 16.9. The second-order valence-electron chi connectivity index (χ2n) is 12.9. The smallest absolute Gasteiger partial charge is 0.430 e. The van der Waals surface area contributed by atoms with Crippen molar-refractivity contribution in [2.24, 2.45) is 0 Å². The number of imidazole rings is 1. The lowest BCUT2D eigenvalue weighted by atomic mass is 9.81. The molecule has 0 aliphatic heterocycles. The third kappa shape index (κ3) is 10.9. The molecule has 284 valence electrons. The molecule has 0 unspecified atom stereocenters. The number of carbonyl (C=O) groups is 1. The number of carboxylic acid groups (broad SMARTS) is 1. The number of carbonyl (C=O) groups excluding carboxylic acids is 1. The molecular formula is C34H37ClF6N4O5S2. The monoisotopic (exact) mass is 794 g/mol. The number of benzene rings is 3. The van der Waals surface area contributed by atoms with Gasteiger partial charge >= 0.3 is 6.18 Å². The molecule has 0 spiro atoms. The molecule has 0 aliphatic carbocycles. The first-order chi connectivity index (χ1) is 24.0. The number of aromatic nitrogens is 2. The van der Waals surface area contributed by atoms with Gasteiger partial charge in [-0.2, -0.15) is 13.2 Å². The maximum atomic E-state index is 15.7. The zero-order chi connectivity index (χ0) is 39.2. The van der Waals surface area contributed by atoms with E-state index in [1.165, 1.54) is 19.2 Å². The van der Waals surface area contributed by atoms with Gasteiger partial charge in [0, 0.05) is 35.4 Å². The Bertz CT molecular complexity index is 1980. The maximum Gasteiger partial charge on any atom is 0.430 e. The summed E-state index contributed by atoms with van der Waals surface area (Å²) in [7, 11) is 3.25. The predicted molar refractivity (Wildman–Crippen MR) is 183 cm³/mol. The Morgan fingerprint density at radius 3 is 2.21 bits per heavy atom. The summed E-state index contributed by atoms with van der Waals surface area (Å²) in [6.07, 6.45) is -3.00. The summed E-state index contributed by atoms with van der Waals surface area (Å²) >= 11 is 7.29. The van der Waals surface area contributed by atoms with Gasteiger partial charge in [-0.3, -0.25) is 4.57 Å². The first kappa shape index (κ1) is 42.6. The topological polar surface area (TPSA) is 113 Å². The standard InChI is InChI=1S/C32H37ClF3N4O3S2.C2HF3O2/c1-32(2,21-8-13-25(33)27(18-21)43-6)29-19-37-31(39(29)23-11-9-22(34)10-12-23)44-20-24-26(35)14-15-28(30(24)36)45(41,42)38-16-7-17-40(3,4)5;3-2(4,5)1(6)7/h8-15,18-19,38H,7,16-17,20H2,1-6H3;(H,6,7)/q+1;/p-1. The van der Waals surface area contributed by atoms with Gasteiger partial charge in [0.15, 0.2) is 5.16 Å². The van der Waals surface area contributed by atoms with Crippen molar-refractivity contribution in [2.45, 2.75) is 47.7 Å². The summed E-state index contributed by atoms with van der Waals surface area (Å²) in [5.41, 5.74) is 1.06. The van der Waals surface area contributed by atoms with Crippen LogP contribution in [0.4, 0.5) is 26.3 Å². The number of rotatable bonds is 13. The van der Waals surface area contributed by atoms with E-state index in [-0.39, 0.29) is 12.3 Å². The van der Waals surface area contributed by atoms with Crippen molar-refractivity contribution >= 4 is 39.4 Å². The molecule has 9 nitrogen and oxygen atoms in total. The van der Waals surface area contributed by atoms with Crippen LogP contribution in [0, 0.1) is 17.5 Å². The van der Waals surface area contributed by atoms with Crippen molar-refractivity contribution in [3.05, 3.63) is 100 Å². The molecule has 0 saturated carbocycles. The van der Waals surface area contributed by atoms with E-state index in [4.69, 9.17) is 26.2 Å². The van der Waals surface area contributed by atoms with Crippen LogP contribution >= 0.6 is 23.4 Å². The van der Waals surface area contributed by atoms with Gasteiger partial charge in [-0.1, -0.05) is 43.3 Å². The Balaban J connectivity index is 0.000000944. The molecule has 18 heteroatoms. The summed E-state index contributed by atoms with van der Waals surface area (Å²) in [6.45, 7) is 4.78. The molecule has 0 atom stereocenters. The van der Waals surface area contributed by atoms with Crippen LogP contribution in [-0.4, -0.2) is 75.9 Å². The first-order valence-electron chi connectivity index (χ1n) is 15.4. The fourth-order valence-corrected chi connectivity index (χ4v) is 7.17. The molecule has 3 aromatic carbocycles. The van der Waals surface area contributed by atoms with Crippen molar-refractivity contribution in [3.8, 4) is 11.4 Å². The number of halogens is 7. The highest BCUT2D eigenvalue weighted by Crippen LogP contribution is 2.39. The zero-order valence-electron chi connectivity index (χ0n) is 28.9. The van der Waals surface area contributed by atoms with Gasteiger partial charge in [0.1, 0.15) is 34.1 Å². The molecule has 1 N–H and O–H groups in total. The summed E-state index contributed by atoms with van der Waals surface area (Å²) < 4.78 is 112. The number of hydrogen-bond donors (Lipinski definition) is 1. The maximum absolute atomic E-state index is 15.7. The number of alkyl halides is 3. The molecule has 0 amide bonds. The Kier molecular flexibility index (Phi) is 13.9. The van der Waals surface area contributed by atoms with Crippen LogP contribution in [0.3, 0.4) is 0 Å². The van der Waals surface area contributed by atoms with Crippen LogP contribution in [0.1, 0.15) is 37.1 Å². The lowest BCUT2D eigenvalue weighted by Gasteiger charge is -2.28. The summed E-state index contributed by atoms with van der Waals surface area (Å²) in [6, 6.07) is 13.1. The van der Waals surface area contributed by atoms with E-state index in [0.29, 0.717) is 44.8 Å². The minimum absolute atomic E-state index is 0.117. The largest absolute Gasteiger partial charge is 0.542 e. The molecule has 4 aromatic rings. The number of nitrogens with zero attached hydrogens (tertiary/aromatic N) is 3. The average Bonchev–Trinajstić information content (AvgIpc) is 3.47.